The van der Waals surface area contributed by atoms with E-state index in [0.29, 0.717) is 13.2 Å². The van der Waals surface area contributed by atoms with Crippen LogP contribution in [0.3, 0.4) is 0 Å². The quantitative estimate of drug-likeness (QED) is 0.814. The number of benzene rings is 2. The van der Waals surface area contributed by atoms with Crippen molar-refractivity contribution in [3.05, 3.63) is 71.3 Å². The molecule has 1 amide bonds. The Hall–Kier alpha value is -2.73. The van der Waals surface area contributed by atoms with Crippen molar-refractivity contribution in [2.45, 2.75) is 13.0 Å². The Bertz CT molecular complexity index is 833. The number of anilines is 1. The van der Waals surface area contributed by atoms with Crippen molar-refractivity contribution in [1.82, 2.24) is 5.32 Å². The molecule has 0 saturated carbocycles. The second-order valence-electron chi connectivity index (χ2n) is 6.40. The van der Waals surface area contributed by atoms with E-state index in [2.05, 4.69) is 10.2 Å². The highest BCUT2D eigenvalue weighted by Crippen LogP contribution is 2.21. The summed E-state index contributed by atoms with van der Waals surface area (Å²) < 4.78 is 32.2. The van der Waals surface area contributed by atoms with Gasteiger partial charge in [0.05, 0.1) is 19.3 Å². The summed E-state index contributed by atoms with van der Waals surface area (Å²) in [6.07, 6.45) is 2.48. The molecule has 0 aliphatic carbocycles. The number of morpholine rings is 1. The minimum atomic E-state index is -0.965. The number of amides is 1. The van der Waals surface area contributed by atoms with Crippen LogP contribution >= 0.6 is 0 Å². The molecule has 1 aliphatic heterocycles. The molecule has 1 atom stereocenters. The topological polar surface area (TPSA) is 41.6 Å². The van der Waals surface area contributed by atoms with Crippen LogP contribution in [0.25, 0.3) is 6.08 Å². The minimum Gasteiger partial charge on any atom is -0.378 e. The molecule has 2 aromatic rings. The summed E-state index contributed by atoms with van der Waals surface area (Å²) in [6, 6.07) is 11.6. The van der Waals surface area contributed by atoms with E-state index in [1.165, 1.54) is 24.3 Å². The SMILES string of the molecule is C[C@H](NC(=O)C=Cc1cccc(F)c1F)c1cccc(N2CCOCC2)c1. The molecular weight excluding hydrogens is 350 g/mol. The average Bonchev–Trinajstić information content (AvgIpc) is 2.70. The Morgan fingerprint density at radius 2 is 1.93 bits per heavy atom. The second-order valence-corrected chi connectivity index (χ2v) is 6.40. The van der Waals surface area contributed by atoms with Crippen LogP contribution < -0.4 is 10.2 Å². The molecule has 0 unspecified atom stereocenters. The summed E-state index contributed by atoms with van der Waals surface area (Å²) in [6.45, 7) is 4.97. The molecule has 1 saturated heterocycles. The number of rotatable bonds is 5. The summed E-state index contributed by atoms with van der Waals surface area (Å²) in [5.41, 5.74) is 2.10. The number of ether oxygens (including phenoxy) is 1. The number of nitrogens with zero attached hydrogens (tertiary/aromatic N) is 1. The number of carbonyl (C=O) groups excluding carboxylic acids is 1. The molecule has 1 fully saturated rings. The van der Waals surface area contributed by atoms with Crippen LogP contribution in [0.15, 0.2) is 48.5 Å². The first kappa shape index (κ1) is 19.0. The summed E-state index contributed by atoms with van der Waals surface area (Å²) >= 11 is 0. The Labute approximate surface area is 157 Å². The summed E-state index contributed by atoms with van der Waals surface area (Å²) in [4.78, 5) is 14.4. The van der Waals surface area contributed by atoms with Crippen molar-refractivity contribution in [1.29, 1.82) is 0 Å². The number of carbonyl (C=O) groups is 1. The van der Waals surface area contributed by atoms with E-state index in [-0.39, 0.29) is 17.5 Å². The van der Waals surface area contributed by atoms with Crippen molar-refractivity contribution in [2.24, 2.45) is 0 Å². The van der Waals surface area contributed by atoms with Crippen LogP contribution in [0.4, 0.5) is 14.5 Å². The number of hydrogen-bond donors (Lipinski definition) is 1. The maximum absolute atomic E-state index is 13.6. The highest BCUT2D eigenvalue weighted by Gasteiger charge is 2.14. The van der Waals surface area contributed by atoms with Gasteiger partial charge < -0.3 is 15.0 Å². The predicted octanol–water partition coefficient (Wildman–Crippen LogP) is 3.69. The zero-order chi connectivity index (χ0) is 19.2. The molecule has 1 N–H and O–H groups in total. The summed E-state index contributed by atoms with van der Waals surface area (Å²) in [5, 5.41) is 2.85. The molecule has 3 rings (SSSR count). The van der Waals surface area contributed by atoms with Crippen molar-refractivity contribution in [3.8, 4) is 0 Å². The number of nitrogens with one attached hydrogen (secondary N) is 1. The van der Waals surface area contributed by atoms with Gasteiger partial charge in [0.15, 0.2) is 11.6 Å². The monoisotopic (exact) mass is 372 g/mol. The molecule has 6 heteroatoms. The van der Waals surface area contributed by atoms with Crippen LogP contribution in [-0.2, 0) is 9.53 Å². The standard InChI is InChI=1S/C21H22F2N2O2/c1-15(17-5-2-6-18(14-17)25-10-12-27-13-11-25)24-20(26)9-8-16-4-3-7-19(22)21(16)23/h2-9,14-15H,10-13H2,1H3,(H,24,26)/t15-/m0/s1. The Balaban J connectivity index is 1.64. The molecule has 1 aliphatic rings. The van der Waals surface area contributed by atoms with Gasteiger partial charge >= 0.3 is 0 Å². The van der Waals surface area contributed by atoms with Gasteiger partial charge in [-0.3, -0.25) is 4.79 Å². The molecule has 2 aromatic carbocycles. The molecular formula is C21H22F2N2O2. The Morgan fingerprint density at radius 1 is 1.19 bits per heavy atom. The lowest BCUT2D eigenvalue weighted by atomic mass is 10.1. The van der Waals surface area contributed by atoms with Gasteiger partial charge in [-0.1, -0.05) is 24.3 Å². The van der Waals surface area contributed by atoms with Crippen LogP contribution in [0.1, 0.15) is 24.1 Å². The maximum atomic E-state index is 13.6. The summed E-state index contributed by atoms with van der Waals surface area (Å²) in [5.74, 6) is -2.28. The van der Waals surface area contributed by atoms with Crippen molar-refractivity contribution < 1.29 is 18.3 Å². The van der Waals surface area contributed by atoms with Crippen LogP contribution in [0.5, 0.6) is 0 Å². The third-order valence-electron chi connectivity index (χ3n) is 4.50. The lowest BCUT2D eigenvalue weighted by Gasteiger charge is -2.29. The smallest absolute Gasteiger partial charge is 0.244 e. The first-order valence-electron chi connectivity index (χ1n) is 8.90. The van der Waals surface area contributed by atoms with E-state index in [0.717, 1.165) is 30.4 Å². The van der Waals surface area contributed by atoms with E-state index < -0.39 is 11.6 Å². The van der Waals surface area contributed by atoms with Gasteiger partial charge in [0.2, 0.25) is 5.91 Å². The minimum absolute atomic E-state index is 0.0344. The molecule has 0 bridgehead atoms. The van der Waals surface area contributed by atoms with Crippen molar-refractivity contribution in [2.75, 3.05) is 31.2 Å². The lowest BCUT2D eigenvalue weighted by Crippen LogP contribution is -2.36. The largest absolute Gasteiger partial charge is 0.378 e. The van der Waals surface area contributed by atoms with E-state index in [4.69, 9.17) is 4.74 Å². The second kappa shape index (κ2) is 8.77. The van der Waals surface area contributed by atoms with Gasteiger partial charge in [-0.05, 0) is 36.8 Å². The Kier molecular flexibility index (Phi) is 6.19. The fraction of sp³-hybridized carbons (Fsp3) is 0.286. The van der Waals surface area contributed by atoms with E-state index >= 15 is 0 Å². The fourth-order valence-corrected chi connectivity index (χ4v) is 2.97. The fourth-order valence-electron chi connectivity index (χ4n) is 2.97. The van der Waals surface area contributed by atoms with E-state index in [9.17, 15) is 13.6 Å². The zero-order valence-electron chi connectivity index (χ0n) is 15.1. The van der Waals surface area contributed by atoms with Gasteiger partial charge in [0, 0.05) is 30.4 Å². The van der Waals surface area contributed by atoms with E-state index in [1.807, 2.05) is 31.2 Å². The normalized spacial score (nSPS) is 15.7. The highest BCUT2D eigenvalue weighted by atomic mass is 19.2. The zero-order valence-corrected chi connectivity index (χ0v) is 15.1. The molecule has 4 nitrogen and oxygen atoms in total. The van der Waals surface area contributed by atoms with Gasteiger partial charge in [0.1, 0.15) is 0 Å². The maximum Gasteiger partial charge on any atom is 0.244 e. The van der Waals surface area contributed by atoms with Crippen LogP contribution in [0, 0.1) is 11.6 Å². The van der Waals surface area contributed by atoms with E-state index in [1.54, 1.807) is 0 Å². The predicted molar refractivity (Wildman–Crippen MR) is 101 cm³/mol. The average molecular weight is 372 g/mol. The molecule has 0 spiro atoms. The van der Waals surface area contributed by atoms with Gasteiger partial charge in [0.25, 0.3) is 0 Å². The van der Waals surface area contributed by atoms with Crippen LogP contribution in [0.2, 0.25) is 0 Å². The van der Waals surface area contributed by atoms with Crippen molar-refractivity contribution >= 4 is 17.7 Å². The third-order valence-corrected chi connectivity index (χ3v) is 4.50. The number of hydrogen-bond acceptors (Lipinski definition) is 3. The van der Waals surface area contributed by atoms with Crippen molar-refractivity contribution in [3.63, 3.8) is 0 Å². The summed E-state index contributed by atoms with van der Waals surface area (Å²) in [7, 11) is 0. The first-order valence-corrected chi connectivity index (χ1v) is 8.90. The van der Waals surface area contributed by atoms with Gasteiger partial charge in [-0.2, -0.15) is 0 Å². The molecule has 1 heterocycles. The first-order chi connectivity index (χ1) is 13.0. The molecule has 27 heavy (non-hydrogen) atoms. The Morgan fingerprint density at radius 3 is 2.70 bits per heavy atom. The third kappa shape index (κ3) is 4.92. The lowest BCUT2D eigenvalue weighted by molar-refractivity contribution is -0.117. The molecule has 0 aromatic heterocycles. The number of halogens is 2. The van der Waals surface area contributed by atoms with Gasteiger partial charge in [-0.25, -0.2) is 8.78 Å². The molecule has 0 radical (unpaired) electrons. The molecule has 142 valence electrons. The van der Waals surface area contributed by atoms with Gasteiger partial charge in [-0.15, -0.1) is 0 Å². The highest BCUT2D eigenvalue weighted by molar-refractivity contribution is 5.92. The van der Waals surface area contributed by atoms with Crippen LogP contribution in [-0.4, -0.2) is 32.2 Å².